The zero-order valence-electron chi connectivity index (χ0n) is 12.0. The fraction of sp³-hybridized carbons (Fsp3) is 1.00. The van der Waals surface area contributed by atoms with Crippen molar-refractivity contribution in [2.75, 3.05) is 13.2 Å². The number of hydrogen-bond donors (Lipinski definition) is 0. The largest absolute Gasteiger partial charge is 0.343 e. The monoisotopic (exact) mass is 308 g/mol. The molecule has 5 fully saturated rings. The summed E-state index contributed by atoms with van der Waals surface area (Å²) in [7, 11) is 0. The van der Waals surface area contributed by atoms with E-state index in [0.717, 1.165) is 19.3 Å². The van der Waals surface area contributed by atoms with E-state index in [2.05, 4.69) is 6.92 Å². The fourth-order valence-corrected chi connectivity index (χ4v) is 5.28. The molecular weight excluding hydrogens is 288 g/mol. The fourth-order valence-electron chi connectivity index (χ4n) is 5.28. The maximum Gasteiger partial charge on any atom is 0.335 e. The third-order valence-corrected chi connectivity index (χ3v) is 6.39. The molecule has 120 valence electrons. The van der Waals surface area contributed by atoms with E-state index in [0.29, 0.717) is 11.8 Å². The second-order valence-corrected chi connectivity index (χ2v) is 7.44. The van der Waals surface area contributed by atoms with Crippen molar-refractivity contribution in [1.82, 2.24) is 0 Å². The summed E-state index contributed by atoms with van der Waals surface area (Å²) in [6, 6.07) is 0. The predicted molar refractivity (Wildman–Crippen MR) is 66.1 cm³/mol. The Labute approximate surface area is 121 Å². The van der Waals surface area contributed by atoms with E-state index >= 15 is 0 Å². The van der Waals surface area contributed by atoms with Gasteiger partial charge in [0.15, 0.2) is 5.79 Å². The molecule has 0 aromatic rings. The molecule has 5 aliphatic rings. The molecule has 21 heavy (non-hydrogen) atoms. The quantitative estimate of drug-likeness (QED) is 0.635. The van der Waals surface area contributed by atoms with Crippen LogP contribution < -0.4 is 0 Å². The molecule has 5 atom stereocenters. The van der Waals surface area contributed by atoms with Crippen LogP contribution in [0.5, 0.6) is 0 Å². The Morgan fingerprint density at radius 3 is 2.10 bits per heavy atom. The molecule has 5 rings (SSSR count). The van der Waals surface area contributed by atoms with Gasteiger partial charge in [-0.3, -0.25) is 0 Å². The normalized spacial score (nSPS) is 49.3. The minimum Gasteiger partial charge on any atom is -0.343 e. The first-order valence-corrected chi connectivity index (χ1v) is 7.79. The van der Waals surface area contributed by atoms with E-state index in [1.165, 1.54) is 6.42 Å². The maximum absolute atomic E-state index is 13.6. The van der Waals surface area contributed by atoms with Crippen molar-refractivity contribution in [1.29, 1.82) is 0 Å². The number of hydrogen-bond acceptors (Lipinski definition) is 2. The summed E-state index contributed by atoms with van der Waals surface area (Å²) < 4.78 is 65.2. The standard InChI is InChI=1S/C15H20F4O2/c1-8-10-2-9-3-11(5-10)15(12(8)4-9)20-6-13(16,17)14(18,19)7-21-15/h8-12H,2-7H2,1H3. The predicted octanol–water partition coefficient (Wildman–Crippen LogP) is 3.70. The number of halogens is 4. The Kier molecular flexibility index (Phi) is 2.80. The molecule has 1 heterocycles. The van der Waals surface area contributed by atoms with Crippen molar-refractivity contribution in [3.8, 4) is 0 Å². The lowest BCUT2D eigenvalue weighted by Crippen LogP contribution is -2.63. The Morgan fingerprint density at radius 1 is 0.857 bits per heavy atom. The van der Waals surface area contributed by atoms with E-state index in [4.69, 9.17) is 9.47 Å². The highest BCUT2D eigenvalue weighted by molar-refractivity contribution is 5.08. The molecule has 4 bridgehead atoms. The van der Waals surface area contributed by atoms with Crippen LogP contribution in [-0.4, -0.2) is 30.8 Å². The molecule has 6 heteroatoms. The van der Waals surface area contributed by atoms with Gasteiger partial charge < -0.3 is 9.47 Å². The smallest absolute Gasteiger partial charge is 0.335 e. The summed E-state index contributed by atoms with van der Waals surface area (Å²) in [5.41, 5.74) is 0. The molecular formula is C15H20F4O2. The van der Waals surface area contributed by atoms with Crippen molar-refractivity contribution in [2.24, 2.45) is 29.6 Å². The number of rotatable bonds is 0. The lowest BCUT2D eigenvalue weighted by atomic mass is 9.49. The zero-order valence-corrected chi connectivity index (χ0v) is 12.0. The van der Waals surface area contributed by atoms with Gasteiger partial charge in [-0.15, -0.1) is 0 Å². The molecule has 1 saturated heterocycles. The Hall–Kier alpha value is -0.360. The zero-order chi connectivity index (χ0) is 15.0. The minimum atomic E-state index is -4.16. The van der Waals surface area contributed by atoms with E-state index < -0.39 is 30.8 Å². The maximum atomic E-state index is 13.6. The summed E-state index contributed by atoms with van der Waals surface area (Å²) in [5.74, 6) is -8.14. The molecule has 4 saturated carbocycles. The van der Waals surface area contributed by atoms with Gasteiger partial charge in [-0.05, 0) is 43.4 Å². The number of ether oxygens (including phenoxy) is 2. The average molecular weight is 308 g/mol. The SMILES string of the molecule is CC1C2CC3CC(C2)C2(OCC(F)(F)C(F)(F)CO2)C1C3. The topological polar surface area (TPSA) is 18.5 Å². The van der Waals surface area contributed by atoms with Gasteiger partial charge in [-0.2, -0.15) is 17.6 Å². The lowest BCUT2D eigenvalue weighted by Gasteiger charge is -2.62. The summed E-state index contributed by atoms with van der Waals surface area (Å²) in [5, 5.41) is 0. The first kappa shape index (κ1) is 14.2. The van der Waals surface area contributed by atoms with E-state index in [1.54, 1.807) is 0 Å². The first-order chi connectivity index (χ1) is 9.75. The summed E-state index contributed by atoms with van der Waals surface area (Å²) in [6.07, 6.45) is 3.74. The van der Waals surface area contributed by atoms with E-state index in [1.807, 2.05) is 0 Å². The third kappa shape index (κ3) is 1.78. The van der Waals surface area contributed by atoms with Gasteiger partial charge >= 0.3 is 11.8 Å². The van der Waals surface area contributed by atoms with Gasteiger partial charge in [0.25, 0.3) is 0 Å². The number of alkyl halides is 4. The molecule has 0 radical (unpaired) electrons. The third-order valence-electron chi connectivity index (χ3n) is 6.39. The Bertz CT molecular complexity index is 435. The van der Waals surface area contributed by atoms with Gasteiger partial charge in [0.1, 0.15) is 13.2 Å². The van der Waals surface area contributed by atoms with Gasteiger partial charge in [-0.25, -0.2) is 0 Å². The van der Waals surface area contributed by atoms with Crippen molar-refractivity contribution in [3.05, 3.63) is 0 Å². The van der Waals surface area contributed by atoms with Crippen LogP contribution in [-0.2, 0) is 9.47 Å². The van der Waals surface area contributed by atoms with E-state index in [-0.39, 0.29) is 17.8 Å². The molecule has 4 aliphatic carbocycles. The van der Waals surface area contributed by atoms with Crippen LogP contribution in [0.1, 0.15) is 32.6 Å². The highest BCUT2D eigenvalue weighted by atomic mass is 19.3. The van der Waals surface area contributed by atoms with Crippen LogP contribution in [0, 0.1) is 29.6 Å². The molecule has 0 N–H and O–H groups in total. The van der Waals surface area contributed by atoms with Gasteiger partial charge in [0.2, 0.25) is 0 Å². The Morgan fingerprint density at radius 2 is 1.48 bits per heavy atom. The average Bonchev–Trinajstić information content (AvgIpc) is 2.50. The molecule has 0 aromatic heterocycles. The van der Waals surface area contributed by atoms with Crippen LogP contribution in [0.4, 0.5) is 17.6 Å². The highest BCUT2D eigenvalue weighted by Gasteiger charge is 2.67. The summed E-state index contributed by atoms with van der Waals surface area (Å²) in [6.45, 7) is -0.396. The van der Waals surface area contributed by atoms with Crippen molar-refractivity contribution in [3.63, 3.8) is 0 Å². The van der Waals surface area contributed by atoms with Gasteiger partial charge in [0, 0.05) is 11.8 Å². The van der Waals surface area contributed by atoms with Crippen LogP contribution in [0.15, 0.2) is 0 Å². The minimum absolute atomic E-state index is 0.0131. The molecule has 2 nitrogen and oxygen atoms in total. The highest BCUT2D eigenvalue weighted by Crippen LogP contribution is 2.63. The van der Waals surface area contributed by atoms with Crippen LogP contribution in [0.3, 0.4) is 0 Å². The van der Waals surface area contributed by atoms with Gasteiger partial charge in [-0.1, -0.05) is 6.92 Å². The van der Waals surface area contributed by atoms with Crippen LogP contribution in [0.2, 0.25) is 0 Å². The molecule has 0 aromatic carbocycles. The first-order valence-electron chi connectivity index (χ1n) is 7.79. The molecule has 0 amide bonds. The van der Waals surface area contributed by atoms with Crippen molar-refractivity contribution >= 4 is 0 Å². The second-order valence-electron chi connectivity index (χ2n) is 7.44. The van der Waals surface area contributed by atoms with Gasteiger partial charge in [0.05, 0.1) is 0 Å². The van der Waals surface area contributed by atoms with Crippen LogP contribution >= 0.6 is 0 Å². The summed E-state index contributed by atoms with van der Waals surface area (Å²) >= 11 is 0. The van der Waals surface area contributed by atoms with E-state index in [9.17, 15) is 17.6 Å². The van der Waals surface area contributed by atoms with Crippen molar-refractivity contribution < 1.29 is 27.0 Å². The molecule has 5 unspecified atom stereocenters. The lowest BCUT2D eigenvalue weighted by molar-refractivity contribution is -0.348. The molecule has 1 spiro atoms. The second kappa shape index (κ2) is 4.13. The van der Waals surface area contributed by atoms with Crippen LogP contribution in [0.25, 0.3) is 0 Å². The molecule has 1 aliphatic heterocycles. The summed E-state index contributed by atoms with van der Waals surface area (Å²) in [4.78, 5) is 0. The Balaban J connectivity index is 1.68. The van der Waals surface area contributed by atoms with Crippen molar-refractivity contribution in [2.45, 2.75) is 50.2 Å².